The van der Waals surface area contributed by atoms with Crippen molar-refractivity contribution in [2.45, 2.75) is 19.7 Å². The first-order valence-electron chi connectivity index (χ1n) is 13.3. The summed E-state index contributed by atoms with van der Waals surface area (Å²) in [5.74, 6) is 0.881. The van der Waals surface area contributed by atoms with Crippen molar-refractivity contribution < 1.29 is 14.3 Å². The molecular weight excluding hydrogens is 496 g/mol. The van der Waals surface area contributed by atoms with Crippen LogP contribution in [0, 0.1) is 0 Å². The van der Waals surface area contributed by atoms with Crippen molar-refractivity contribution in [3.63, 3.8) is 0 Å². The summed E-state index contributed by atoms with van der Waals surface area (Å²) in [6.07, 6.45) is 0. The lowest BCUT2D eigenvalue weighted by molar-refractivity contribution is 0.102. The Balaban J connectivity index is 1.26. The topological polar surface area (TPSA) is 50.8 Å². The van der Waals surface area contributed by atoms with Crippen LogP contribution in [0.4, 0.5) is 11.4 Å². The number of amides is 1. The number of benzene rings is 5. The van der Waals surface area contributed by atoms with E-state index in [4.69, 9.17) is 9.47 Å². The van der Waals surface area contributed by atoms with E-state index in [0.717, 1.165) is 30.0 Å². The van der Waals surface area contributed by atoms with Crippen LogP contribution >= 0.6 is 0 Å². The minimum absolute atomic E-state index is 0.217. The molecule has 0 aliphatic rings. The Labute approximate surface area is 235 Å². The maximum absolute atomic E-state index is 13.1. The van der Waals surface area contributed by atoms with Crippen LogP contribution in [-0.4, -0.2) is 13.0 Å². The smallest absolute Gasteiger partial charge is 0.255 e. The fraction of sp³-hybridized carbons (Fsp3) is 0.114. The second kappa shape index (κ2) is 13.2. The quantitative estimate of drug-likeness (QED) is 0.191. The second-order valence-electron chi connectivity index (χ2n) is 9.47. The summed E-state index contributed by atoms with van der Waals surface area (Å²) in [5, 5.41) is 3.00. The minimum Gasteiger partial charge on any atom is -0.493 e. The van der Waals surface area contributed by atoms with Crippen molar-refractivity contribution >= 4 is 17.3 Å². The Morgan fingerprint density at radius 1 is 0.650 bits per heavy atom. The molecule has 0 atom stereocenters. The lowest BCUT2D eigenvalue weighted by Crippen LogP contribution is -2.22. The number of rotatable bonds is 11. The van der Waals surface area contributed by atoms with Gasteiger partial charge in [0.15, 0.2) is 11.5 Å². The highest BCUT2D eigenvalue weighted by Gasteiger charge is 2.13. The summed E-state index contributed by atoms with van der Waals surface area (Å²) in [4.78, 5) is 15.4. The number of hydrogen-bond donors (Lipinski definition) is 1. The lowest BCUT2D eigenvalue weighted by atomic mass is 10.1. The lowest BCUT2D eigenvalue weighted by Gasteiger charge is -2.25. The van der Waals surface area contributed by atoms with Crippen molar-refractivity contribution in [3.05, 3.63) is 156 Å². The van der Waals surface area contributed by atoms with Crippen molar-refractivity contribution in [1.82, 2.24) is 0 Å². The molecule has 0 aromatic heterocycles. The van der Waals surface area contributed by atoms with Crippen LogP contribution < -0.4 is 19.7 Å². The molecule has 0 saturated carbocycles. The van der Waals surface area contributed by atoms with Crippen LogP contribution in [-0.2, 0) is 19.7 Å². The van der Waals surface area contributed by atoms with Crippen LogP contribution in [0.2, 0.25) is 0 Å². The van der Waals surface area contributed by atoms with E-state index in [1.807, 2.05) is 66.7 Å². The Morgan fingerprint density at radius 3 is 1.75 bits per heavy atom. The summed E-state index contributed by atoms with van der Waals surface area (Å²) < 4.78 is 11.4. The molecule has 40 heavy (non-hydrogen) atoms. The monoisotopic (exact) mass is 528 g/mol. The number of hydrogen-bond acceptors (Lipinski definition) is 4. The molecule has 1 amide bonds. The molecule has 5 aromatic rings. The van der Waals surface area contributed by atoms with Crippen molar-refractivity contribution in [3.8, 4) is 11.5 Å². The molecule has 200 valence electrons. The van der Waals surface area contributed by atoms with Gasteiger partial charge >= 0.3 is 0 Å². The maximum atomic E-state index is 13.1. The van der Waals surface area contributed by atoms with Gasteiger partial charge in [-0.25, -0.2) is 0 Å². The first-order valence-corrected chi connectivity index (χ1v) is 13.3. The zero-order valence-electron chi connectivity index (χ0n) is 22.5. The summed E-state index contributed by atoms with van der Waals surface area (Å²) in [6, 6.07) is 43.9. The molecule has 0 unspecified atom stereocenters. The minimum atomic E-state index is -0.217. The van der Waals surface area contributed by atoms with Gasteiger partial charge in [-0.05, 0) is 59.2 Å². The second-order valence-corrected chi connectivity index (χ2v) is 9.47. The largest absolute Gasteiger partial charge is 0.493 e. The van der Waals surface area contributed by atoms with Gasteiger partial charge in [0, 0.05) is 30.0 Å². The first-order chi connectivity index (χ1) is 19.7. The molecule has 0 fully saturated rings. The molecule has 5 rings (SSSR count). The average Bonchev–Trinajstić information content (AvgIpc) is 3.01. The number of methoxy groups -OCH3 is 1. The van der Waals surface area contributed by atoms with E-state index >= 15 is 0 Å². The van der Waals surface area contributed by atoms with Crippen molar-refractivity contribution in [2.24, 2.45) is 0 Å². The first kappa shape index (κ1) is 26.6. The molecule has 0 saturated heterocycles. The average molecular weight is 529 g/mol. The molecule has 5 aromatic carbocycles. The molecule has 1 N–H and O–H groups in total. The third-order valence-electron chi connectivity index (χ3n) is 6.59. The zero-order chi connectivity index (χ0) is 27.6. The number of nitrogens with zero attached hydrogens (tertiary/aromatic N) is 1. The van der Waals surface area contributed by atoms with Crippen LogP contribution in [0.5, 0.6) is 11.5 Å². The predicted molar refractivity (Wildman–Crippen MR) is 161 cm³/mol. The van der Waals surface area contributed by atoms with E-state index < -0.39 is 0 Å². The molecule has 0 aliphatic carbocycles. The third kappa shape index (κ3) is 7.08. The normalized spacial score (nSPS) is 10.5. The Bertz CT molecular complexity index is 1460. The highest BCUT2D eigenvalue weighted by atomic mass is 16.5. The van der Waals surface area contributed by atoms with Crippen LogP contribution in [0.3, 0.4) is 0 Å². The van der Waals surface area contributed by atoms with Crippen LogP contribution in [0.15, 0.2) is 133 Å². The zero-order valence-corrected chi connectivity index (χ0v) is 22.5. The molecule has 0 spiro atoms. The van der Waals surface area contributed by atoms with Crippen LogP contribution in [0.25, 0.3) is 0 Å². The van der Waals surface area contributed by atoms with Gasteiger partial charge in [0.1, 0.15) is 6.61 Å². The number of carbonyl (C=O) groups excluding carboxylic acids is 1. The predicted octanol–water partition coefficient (Wildman–Crippen LogP) is 7.73. The molecule has 0 radical (unpaired) electrons. The molecule has 5 nitrogen and oxygen atoms in total. The van der Waals surface area contributed by atoms with Gasteiger partial charge in [-0.15, -0.1) is 0 Å². The molecule has 0 aliphatic heterocycles. The maximum Gasteiger partial charge on any atom is 0.255 e. The summed E-state index contributed by atoms with van der Waals surface area (Å²) in [5.41, 5.74) is 5.81. The van der Waals surface area contributed by atoms with Crippen molar-refractivity contribution in [1.29, 1.82) is 0 Å². The van der Waals surface area contributed by atoms with E-state index in [1.54, 1.807) is 25.3 Å². The van der Waals surface area contributed by atoms with Crippen molar-refractivity contribution in [2.75, 3.05) is 17.3 Å². The van der Waals surface area contributed by atoms with Gasteiger partial charge in [-0.1, -0.05) is 91.0 Å². The highest BCUT2D eigenvalue weighted by Crippen LogP contribution is 2.29. The summed E-state index contributed by atoms with van der Waals surface area (Å²) in [7, 11) is 1.57. The fourth-order valence-electron chi connectivity index (χ4n) is 4.47. The highest BCUT2D eigenvalue weighted by molar-refractivity contribution is 6.04. The third-order valence-corrected chi connectivity index (χ3v) is 6.59. The molecule has 0 bridgehead atoms. The number of carbonyl (C=O) groups is 1. The number of ether oxygens (including phenoxy) is 2. The molecular formula is C35H32N2O3. The van der Waals surface area contributed by atoms with Gasteiger partial charge in [0.25, 0.3) is 5.91 Å². The number of nitrogens with one attached hydrogen (secondary N) is 1. The van der Waals surface area contributed by atoms with Crippen LogP contribution in [0.1, 0.15) is 27.0 Å². The molecule has 5 heteroatoms. The van der Waals surface area contributed by atoms with E-state index in [2.05, 4.69) is 58.7 Å². The SMILES string of the molecule is COc1cc(C(=O)Nc2ccc(N(Cc3ccccc3)Cc3ccccc3)cc2)ccc1OCc1ccccc1. The van der Waals surface area contributed by atoms with E-state index in [0.29, 0.717) is 23.7 Å². The van der Waals surface area contributed by atoms with Gasteiger partial charge in [-0.3, -0.25) is 4.79 Å². The van der Waals surface area contributed by atoms with Gasteiger partial charge in [0.2, 0.25) is 0 Å². The Kier molecular flexibility index (Phi) is 8.74. The molecule has 0 heterocycles. The van der Waals surface area contributed by atoms with E-state index in [-0.39, 0.29) is 5.91 Å². The standard InChI is InChI=1S/C35H32N2O3/c1-39-34-23-30(17-22-33(34)40-26-29-15-9-4-10-16-29)35(38)36-31-18-20-32(21-19-31)37(24-27-11-5-2-6-12-27)25-28-13-7-3-8-14-28/h2-23H,24-26H2,1H3,(H,36,38). The Hall–Kier alpha value is -5.03. The number of anilines is 2. The summed E-state index contributed by atoms with van der Waals surface area (Å²) in [6.45, 7) is 1.97. The van der Waals surface area contributed by atoms with Gasteiger partial charge in [-0.2, -0.15) is 0 Å². The fourth-order valence-corrected chi connectivity index (χ4v) is 4.47. The van der Waals surface area contributed by atoms with Gasteiger partial charge in [0.05, 0.1) is 7.11 Å². The van der Waals surface area contributed by atoms with E-state index in [1.165, 1.54) is 11.1 Å². The summed E-state index contributed by atoms with van der Waals surface area (Å²) >= 11 is 0. The van der Waals surface area contributed by atoms with E-state index in [9.17, 15) is 4.79 Å². The Morgan fingerprint density at radius 2 is 1.20 bits per heavy atom. The van der Waals surface area contributed by atoms with Gasteiger partial charge < -0.3 is 19.7 Å².